The van der Waals surface area contributed by atoms with Crippen molar-refractivity contribution in [1.29, 1.82) is 0 Å². The van der Waals surface area contributed by atoms with Crippen LogP contribution in [0.4, 0.5) is 5.69 Å². The van der Waals surface area contributed by atoms with Gasteiger partial charge in [-0.2, -0.15) is 8.42 Å². The average molecular weight is 396 g/mol. The molecule has 0 aliphatic rings. The maximum absolute atomic E-state index is 10.5. The molecule has 0 bridgehead atoms. The van der Waals surface area contributed by atoms with Gasteiger partial charge < -0.3 is 4.90 Å². The number of anilines is 1. The standard InChI is InChI=1S/C16H17N.C7H8O3S/c1-17(2)16-12-10-15(11-13-16)9-8-14-6-4-3-5-7-14;1-6-2-4-7(5-3-6)11(8,9)10/h3-13H,1-2H3;2-5H,1H3,(H,8,9,10). The number of hydrogen-bond acceptors (Lipinski definition) is 3. The van der Waals surface area contributed by atoms with Crippen molar-refractivity contribution in [2.75, 3.05) is 19.0 Å². The van der Waals surface area contributed by atoms with E-state index in [0.29, 0.717) is 0 Å². The first-order valence-corrected chi connectivity index (χ1v) is 10.2. The van der Waals surface area contributed by atoms with E-state index in [0.717, 1.165) is 5.56 Å². The van der Waals surface area contributed by atoms with Gasteiger partial charge in [-0.05, 0) is 42.3 Å². The second-order valence-corrected chi connectivity index (χ2v) is 7.94. The van der Waals surface area contributed by atoms with E-state index in [9.17, 15) is 8.42 Å². The Balaban J connectivity index is 0.000000221. The molecule has 0 aromatic heterocycles. The van der Waals surface area contributed by atoms with Crippen LogP contribution in [-0.4, -0.2) is 27.1 Å². The van der Waals surface area contributed by atoms with Gasteiger partial charge in [0.15, 0.2) is 0 Å². The molecule has 0 heterocycles. The van der Waals surface area contributed by atoms with Crippen LogP contribution in [0.1, 0.15) is 16.7 Å². The monoisotopic (exact) mass is 395 g/mol. The summed E-state index contributed by atoms with van der Waals surface area (Å²) in [5, 5.41) is 0. The van der Waals surface area contributed by atoms with E-state index in [1.165, 1.54) is 28.9 Å². The third-order valence-electron chi connectivity index (χ3n) is 4.00. The van der Waals surface area contributed by atoms with Crippen molar-refractivity contribution in [3.05, 3.63) is 95.6 Å². The molecule has 3 aromatic rings. The Morgan fingerprint density at radius 3 is 1.71 bits per heavy atom. The lowest BCUT2D eigenvalue weighted by Gasteiger charge is -2.11. The fourth-order valence-electron chi connectivity index (χ4n) is 2.35. The smallest absolute Gasteiger partial charge is 0.294 e. The van der Waals surface area contributed by atoms with Gasteiger partial charge in [0.2, 0.25) is 0 Å². The Hall–Kier alpha value is -2.89. The Morgan fingerprint density at radius 1 is 0.750 bits per heavy atom. The first kappa shape index (κ1) is 21.4. The van der Waals surface area contributed by atoms with Crippen LogP contribution in [0.3, 0.4) is 0 Å². The minimum absolute atomic E-state index is 0.0666. The lowest BCUT2D eigenvalue weighted by molar-refractivity contribution is 0.483. The summed E-state index contributed by atoms with van der Waals surface area (Å²) in [6.45, 7) is 1.84. The van der Waals surface area contributed by atoms with Gasteiger partial charge in [0.05, 0.1) is 4.90 Å². The molecule has 3 rings (SSSR count). The largest absolute Gasteiger partial charge is 0.378 e. The normalized spacial score (nSPS) is 11.0. The molecule has 0 aliphatic heterocycles. The summed E-state index contributed by atoms with van der Waals surface area (Å²) in [5.74, 6) is 0. The van der Waals surface area contributed by atoms with Crippen molar-refractivity contribution in [1.82, 2.24) is 0 Å². The quantitative estimate of drug-likeness (QED) is 0.489. The van der Waals surface area contributed by atoms with Gasteiger partial charge in [0.1, 0.15) is 0 Å². The summed E-state index contributed by atoms with van der Waals surface area (Å²) in [4.78, 5) is 2.04. The molecule has 3 aromatic carbocycles. The molecular weight excluding hydrogens is 370 g/mol. The van der Waals surface area contributed by atoms with E-state index in [1.807, 2.05) is 13.0 Å². The zero-order valence-electron chi connectivity index (χ0n) is 16.3. The first-order chi connectivity index (χ1) is 13.3. The summed E-state index contributed by atoms with van der Waals surface area (Å²) in [6, 6.07) is 24.8. The highest BCUT2D eigenvalue weighted by molar-refractivity contribution is 7.85. The fraction of sp³-hybridized carbons (Fsp3) is 0.130. The summed E-state index contributed by atoms with van der Waals surface area (Å²) in [7, 11) is 0.0812. The van der Waals surface area contributed by atoms with Crippen molar-refractivity contribution in [3.63, 3.8) is 0 Å². The molecule has 0 atom stereocenters. The van der Waals surface area contributed by atoms with Crippen LogP contribution < -0.4 is 4.90 Å². The van der Waals surface area contributed by atoms with Crippen molar-refractivity contribution in [2.24, 2.45) is 0 Å². The molecule has 0 radical (unpaired) electrons. The van der Waals surface area contributed by atoms with E-state index in [2.05, 4.69) is 79.7 Å². The zero-order chi connectivity index (χ0) is 20.6. The van der Waals surface area contributed by atoms with Gasteiger partial charge in [-0.15, -0.1) is 0 Å². The topological polar surface area (TPSA) is 57.6 Å². The Morgan fingerprint density at radius 2 is 1.25 bits per heavy atom. The molecule has 28 heavy (non-hydrogen) atoms. The minimum atomic E-state index is -4.02. The molecule has 146 valence electrons. The van der Waals surface area contributed by atoms with Gasteiger partial charge >= 0.3 is 0 Å². The van der Waals surface area contributed by atoms with Crippen LogP contribution in [0.15, 0.2) is 83.8 Å². The van der Waals surface area contributed by atoms with Gasteiger partial charge in [0, 0.05) is 19.8 Å². The molecule has 5 heteroatoms. The van der Waals surface area contributed by atoms with Crippen LogP contribution in [0.5, 0.6) is 0 Å². The number of aryl methyl sites for hydroxylation is 1. The predicted molar refractivity (Wildman–Crippen MR) is 117 cm³/mol. The van der Waals surface area contributed by atoms with Crippen LogP contribution in [0.2, 0.25) is 0 Å². The number of nitrogens with zero attached hydrogens (tertiary/aromatic N) is 1. The van der Waals surface area contributed by atoms with Crippen LogP contribution in [0.25, 0.3) is 12.2 Å². The number of rotatable bonds is 4. The van der Waals surface area contributed by atoms with E-state index < -0.39 is 10.1 Å². The Kier molecular flexibility index (Phi) is 7.55. The number of benzene rings is 3. The highest BCUT2D eigenvalue weighted by atomic mass is 32.2. The van der Waals surface area contributed by atoms with E-state index >= 15 is 0 Å². The minimum Gasteiger partial charge on any atom is -0.378 e. The zero-order valence-corrected chi connectivity index (χ0v) is 17.1. The fourth-order valence-corrected chi connectivity index (χ4v) is 2.83. The molecule has 0 fully saturated rings. The molecule has 0 saturated carbocycles. The lowest BCUT2D eigenvalue weighted by atomic mass is 10.1. The Labute approximate surface area is 167 Å². The SMILES string of the molecule is CN(C)c1ccc(C=Cc2ccccc2)cc1.Cc1ccc(S(=O)(=O)O)cc1. The second kappa shape index (κ2) is 9.88. The average Bonchev–Trinajstić information content (AvgIpc) is 2.68. The van der Waals surface area contributed by atoms with Gasteiger partial charge in [0.25, 0.3) is 10.1 Å². The molecule has 1 N–H and O–H groups in total. The third-order valence-corrected chi connectivity index (χ3v) is 4.86. The van der Waals surface area contributed by atoms with Gasteiger partial charge in [-0.25, -0.2) is 0 Å². The maximum Gasteiger partial charge on any atom is 0.294 e. The van der Waals surface area contributed by atoms with Crippen LogP contribution >= 0.6 is 0 Å². The number of hydrogen-bond donors (Lipinski definition) is 1. The summed E-state index contributed by atoms with van der Waals surface area (Å²) < 4.78 is 29.6. The van der Waals surface area contributed by atoms with E-state index in [1.54, 1.807) is 12.1 Å². The van der Waals surface area contributed by atoms with Crippen molar-refractivity contribution >= 4 is 28.0 Å². The predicted octanol–water partition coefficient (Wildman–Crippen LogP) is 5.16. The van der Waals surface area contributed by atoms with Crippen molar-refractivity contribution < 1.29 is 13.0 Å². The third kappa shape index (κ3) is 7.02. The highest BCUT2D eigenvalue weighted by Crippen LogP contribution is 2.14. The van der Waals surface area contributed by atoms with Crippen LogP contribution in [-0.2, 0) is 10.1 Å². The molecule has 4 nitrogen and oxygen atoms in total. The molecular formula is C23H25NO3S. The van der Waals surface area contributed by atoms with E-state index in [-0.39, 0.29) is 4.90 Å². The molecule has 0 saturated heterocycles. The van der Waals surface area contributed by atoms with E-state index in [4.69, 9.17) is 4.55 Å². The van der Waals surface area contributed by atoms with Crippen LogP contribution in [0, 0.1) is 6.92 Å². The van der Waals surface area contributed by atoms with Gasteiger partial charge in [-0.1, -0.05) is 72.3 Å². The van der Waals surface area contributed by atoms with Crippen molar-refractivity contribution in [3.8, 4) is 0 Å². The molecule has 0 unspecified atom stereocenters. The maximum atomic E-state index is 10.5. The summed E-state index contributed by atoms with van der Waals surface area (Å²) in [6.07, 6.45) is 4.26. The molecule has 0 amide bonds. The molecule has 0 aliphatic carbocycles. The lowest BCUT2D eigenvalue weighted by Crippen LogP contribution is -2.07. The second-order valence-electron chi connectivity index (χ2n) is 6.52. The van der Waals surface area contributed by atoms with Crippen molar-refractivity contribution in [2.45, 2.75) is 11.8 Å². The summed E-state index contributed by atoms with van der Waals surface area (Å²) >= 11 is 0. The van der Waals surface area contributed by atoms with Gasteiger partial charge in [-0.3, -0.25) is 4.55 Å². The Bertz CT molecular complexity index is 992. The summed E-state index contributed by atoms with van der Waals surface area (Å²) in [5.41, 5.74) is 4.63. The highest BCUT2D eigenvalue weighted by Gasteiger charge is 2.06. The molecule has 0 spiro atoms. The first-order valence-electron chi connectivity index (χ1n) is 8.80.